The molecular weight excluding hydrogens is 320 g/mol. The highest BCUT2D eigenvalue weighted by molar-refractivity contribution is 9.10. The molecule has 3 nitrogen and oxygen atoms in total. The van der Waals surface area contributed by atoms with Crippen LogP contribution >= 0.6 is 15.9 Å². The lowest BCUT2D eigenvalue weighted by atomic mass is 9.91. The van der Waals surface area contributed by atoms with Gasteiger partial charge in [0, 0.05) is 0 Å². The number of ether oxygens (including phenoxy) is 1. The number of hydrogen-bond donors (Lipinski definition) is 1. The molecule has 1 unspecified atom stereocenters. The van der Waals surface area contributed by atoms with Gasteiger partial charge in [-0.3, -0.25) is 4.79 Å². The van der Waals surface area contributed by atoms with Crippen molar-refractivity contribution in [2.75, 3.05) is 6.61 Å². The van der Waals surface area contributed by atoms with Crippen molar-refractivity contribution in [1.82, 2.24) is 0 Å². The quantitative estimate of drug-likeness (QED) is 0.750. The van der Waals surface area contributed by atoms with E-state index in [9.17, 15) is 4.79 Å². The van der Waals surface area contributed by atoms with E-state index < -0.39 is 5.97 Å². The van der Waals surface area contributed by atoms with Gasteiger partial charge >= 0.3 is 5.97 Å². The summed E-state index contributed by atoms with van der Waals surface area (Å²) in [6.45, 7) is 6.20. The normalized spacial score (nSPS) is 15.7. The summed E-state index contributed by atoms with van der Waals surface area (Å²) in [5, 5.41) is 9.10. The Kier molecular flexibility index (Phi) is 4.86. The van der Waals surface area contributed by atoms with E-state index in [-0.39, 0.29) is 12.3 Å². The first-order chi connectivity index (χ1) is 9.49. The Morgan fingerprint density at radius 1 is 1.55 bits per heavy atom. The molecule has 1 aromatic rings. The summed E-state index contributed by atoms with van der Waals surface area (Å²) in [7, 11) is 0. The highest BCUT2D eigenvalue weighted by atomic mass is 79.9. The largest absolute Gasteiger partial charge is 0.488 e. The number of halogens is 1. The Labute approximate surface area is 127 Å². The van der Waals surface area contributed by atoms with Crippen molar-refractivity contribution in [2.24, 2.45) is 5.92 Å². The zero-order valence-corrected chi connectivity index (χ0v) is 13.1. The van der Waals surface area contributed by atoms with Gasteiger partial charge in [0.05, 0.1) is 10.9 Å². The average molecular weight is 339 g/mol. The van der Waals surface area contributed by atoms with E-state index in [0.717, 1.165) is 34.2 Å². The average Bonchev–Trinajstić information content (AvgIpc) is 3.19. The standard InChI is InChI=1S/C16H19BrO3/c1-10(2)9-20-14-5-3-4-12(16(14)17)13(8-15(18)19)11-6-7-11/h3-5,11,13H,1,6-9H2,2H3,(H,18,19). The predicted octanol–water partition coefficient (Wildman–Crippen LogP) is 4.37. The third kappa shape index (κ3) is 3.85. The van der Waals surface area contributed by atoms with Crippen LogP contribution in [0, 0.1) is 5.92 Å². The zero-order chi connectivity index (χ0) is 14.7. The van der Waals surface area contributed by atoms with Crippen LogP contribution in [0.4, 0.5) is 0 Å². The molecule has 0 bridgehead atoms. The van der Waals surface area contributed by atoms with Gasteiger partial charge in [-0.25, -0.2) is 0 Å². The van der Waals surface area contributed by atoms with E-state index in [1.54, 1.807) is 0 Å². The molecule has 20 heavy (non-hydrogen) atoms. The number of aliphatic carboxylic acids is 1. The van der Waals surface area contributed by atoms with Crippen molar-refractivity contribution in [1.29, 1.82) is 0 Å². The van der Waals surface area contributed by atoms with Crippen molar-refractivity contribution >= 4 is 21.9 Å². The number of carbonyl (C=O) groups is 1. The molecular formula is C16H19BrO3. The maximum atomic E-state index is 11.1. The van der Waals surface area contributed by atoms with Gasteiger partial charge in [0.2, 0.25) is 0 Å². The van der Waals surface area contributed by atoms with Crippen LogP contribution in [0.15, 0.2) is 34.8 Å². The van der Waals surface area contributed by atoms with Crippen LogP contribution in [0.1, 0.15) is 37.7 Å². The topological polar surface area (TPSA) is 46.5 Å². The first kappa shape index (κ1) is 15.1. The van der Waals surface area contributed by atoms with Gasteiger partial charge in [-0.15, -0.1) is 0 Å². The minimum atomic E-state index is -0.748. The smallest absolute Gasteiger partial charge is 0.303 e. The Balaban J connectivity index is 2.23. The molecule has 0 radical (unpaired) electrons. The second kappa shape index (κ2) is 6.44. The van der Waals surface area contributed by atoms with Gasteiger partial charge in [-0.05, 0) is 64.7 Å². The summed E-state index contributed by atoms with van der Waals surface area (Å²) in [6, 6.07) is 5.80. The highest BCUT2D eigenvalue weighted by Gasteiger charge is 2.35. The lowest BCUT2D eigenvalue weighted by Crippen LogP contribution is -2.10. The molecule has 0 amide bonds. The van der Waals surface area contributed by atoms with E-state index in [0.29, 0.717) is 12.5 Å². The zero-order valence-electron chi connectivity index (χ0n) is 11.6. The molecule has 1 fully saturated rings. The van der Waals surface area contributed by atoms with Gasteiger partial charge < -0.3 is 9.84 Å². The van der Waals surface area contributed by atoms with Crippen LogP contribution in [0.3, 0.4) is 0 Å². The molecule has 4 heteroatoms. The fourth-order valence-electron chi connectivity index (χ4n) is 2.34. The lowest BCUT2D eigenvalue weighted by Gasteiger charge is -2.18. The summed E-state index contributed by atoms with van der Waals surface area (Å²) < 4.78 is 6.57. The summed E-state index contributed by atoms with van der Waals surface area (Å²) in [6.07, 6.45) is 2.40. The van der Waals surface area contributed by atoms with Gasteiger partial charge in [0.15, 0.2) is 0 Å². The molecule has 1 aliphatic carbocycles. The van der Waals surface area contributed by atoms with Crippen LogP contribution in [0.2, 0.25) is 0 Å². The second-order valence-electron chi connectivity index (χ2n) is 5.45. The van der Waals surface area contributed by atoms with E-state index in [1.807, 2.05) is 25.1 Å². The van der Waals surface area contributed by atoms with E-state index in [4.69, 9.17) is 9.84 Å². The minimum Gasteiger partial charge on any atom is -0.488 e. The number of benzene rings is 1. The van der Waals surface area contributed by atoms with E-state index >= 15 is 0 Å². The summed E-state index contributed by atoms with van der Waals surface area (Å²) in [5.74, 6) is 0.553. The SMILES string of the molecule is C=C(C)COc1cccc(C(CC(=O)O)C2CC2)c1Br. The van der Waals surface area contributed by atoms with Crippen LogP contribution in [0.25, 0.3) is 0 Å². The molecule has 0 heterocycles. The number of hydrogen-bond acceptors (Lipinski definition) is 2. The molecule has 1 N–H and O–H groups in total. The highest BCUT2D eigenvalue weighted by Crippen LogP contribution is 2.47. The Hall–Kier alpha value is -1.29. The van der Waals surface area contributed by atoms with Crippen molar-refractivity contribution < 1.29 is 14.6 Å². The van der Waals surface area contributed by atoms with Crippen molar-refractivity contribution in [3.05, 3.63) is 40.4 Å². The van der Waals surface area contributed by atoms with E-state index in [2.05, 4.69) is 22.5 Å². The Morgan fingerprint density at radius 2 is 2.25 bits per heavy atom. The Morgan fingerprint density at radius 3 is 2.80 bits per heavy atom. The molecule has 0 spiro atoms. The lowest BCUT2D eigenvalue weighted by molar-refractivity contribution is -0.137. The monoisotopic (exact) mass is 338 g/mol. The molecule has 1 aromatic carbocycles. The second-order valence-corrected chi connectivity index (χ2v) is 6.24. The third-order valence-corrected chi connectivity index (χ3v) is 4.30. The van der Waals surface area contributed by atoms with Crippen molar-refractivity contribution in [2.45, 2.75) is 32.1 Å². The fraction of sp³-hybridized carbons (Fsp3) is 0.438. The van der Waals surface area contributed by atoms with Gasteiger partial charge in [-0.1, -0.05) is 18.7 Å². The first-order valence-corrected chi connectivity index (χ1v) is 7.55. The number of rotatable bonds is 7. The van der Waals surface area contributed by atoms with Crippen LogP contribution in [-0.4, -0.2) is 17.7 Å². The first-order valence-electron chi connectivity index (χ1n) is 6.76. The summed E-state index contributed by atoms with van der Waals surface area (Å²) in [4.78, 5) is 11.1. The fourth-order valence-corrected chi connectivity index (χ4v) is 3.02. The molecule has 0 aliphatic heterocycles. The van der Waals surface area contributed by atoms with Crippen molar-refractivity contribution in [3.8, 4) is 5.75 Å². The van der Waals surface area contributed by atoms with Crippen molar-refractivity contribution in [3.63, 3.8) is 0 Å². The summed E-state index contributed by atoms with van der Waals surface area (Å²) in [5.41, 5.74) is 1.99. The minimum absolute atomic E-state index is 0.0650. The molecule has 1 aliphatic rings. The Bertz CT molecular complexity index is 520. The van der Waals surface area contributed by atoms with Gasteiger partial charge in [0.1, 0.15) is 12.4 Å². The maximum Gasteiger partial charge on any atom is 0.303 e. The predicted molar refractivity (Wildman–Crippen MR) is 82.2 cm³/mol. The molecule has 2 rings (SSSR count). The maximum absolute atomic E-state index is 11.1. The number of carboxylic acid groups (broad SMARTS) is 1. The molecule has 1 atom stereocenters. The molecule has 108 valence electrons. The van der Waals surface area contributed by atoms with Gasteiger partial charge in [0.25, 0.3) is 0 Å². The van der Waals surface area contributed by atoms with Crippen LogP contribution < -0.4 is 4.74 Å². The summed E-state index contributed by atoms with van der Waals surface area (Å²) >= 11 is 3.57. The molecule has 0 aromatic heterocycles. The van der Waals surface area contributed by atoms with Crippen LogP contribution in [0.5, 0.6) is 5.75 Å². The van der Waals surface area contributed by atoms with E-state index in [1.165, 1.54) is 0 Å². The third-order valence-electron chi connectivity index (χ3n) is 3.45. The molecule has 1 saturated carbocycles. The van der Waals surface area contributed by atoms with Gasteiger partial charge in [-0.2, -0.15) is 0 Å². The molecule has 0 saturated heterocycles. The number of carboxylic acids is 1. The van der Waals surface area contributed by atoms with Crippen LogP contribution in [-0.2, 0) is 4.79 Å².